The summed E-state index contributed by atoms with van der Waals surface area (Å²) >= 11 is 0. The van der Waals surface area contributed by atoms with Crippen molar-refractivity contribution in [1.29, 1.82) is 0 Å². The Kier molecular flexibility index (Phi) is 7.18. The summed E-state index contributed by atoms with van der Waals surface area (Å²) < 4.78 is 5.51. The van der Waals surface area contributed by atoms with Gasteiger partial charge in [-0.1, -0.05) is 19.3 Å². The average molecular weight is 345 g/mol. The molecule has 134 valence electrons. The lowest BCUT2D eigenvalue weighted by molar-refractivity contribution is -0.124. The molecular weight excluding hydrogens is 312 g/mol. The molecule has 1 heterocycles. The first-order valence-corrected chi connectivity index (χ1v) is 9.34. The Bertz CT molecular complexity index is 373. The van der Waals surface area contributed by atoms with Crippen molar-refractivity contribution in [3.05, 3.63) is 0 Å². The molecule has 3 atom stereocenters. The van der Waals surface area contributed by atoms with E-state index in [1.54, 1.807) is 0 Å². The molecule has 1 saturated heterocycles. The third-order valence-corrected chi connectivity index (χ3v) is 6.21. The first-order valence-electron chi connectivity index (χ1n) is 9.34. The van der Waals surface area contributed by atoms with Gasteiger partial charge in [0.2, 0.25) is 5.91 Å². The Morgan fingerprint density at radius 2 is 2.04 bits per heavy atom. The second-order valence-electron chi connectivity index (χ2n) is 7.62. The molecule has 0 spiro atoms. The summed E-state index contributed by atoms with van der Waals surface area (Å²) in [5.74, 6) is 0.970. The van der Waals surface area contributed by atoms with Gasteiger partial charge >= 0.3 is 0 Å². The summed E-state index contributed by atoms with van der Waals surface area (Å²) in [7, 11) is 0. The molecule has 3 aliphatic rings. The number of rotatable bonds is 7. The molecule has 5 heteroatoms. The van der Waals surface area contributed by atoms with Crippen LogP contribution in [0.1, 0.15) is 64.7 Å². The van der Waals surface area contributed by atoms with E-state index in [4.69, 9.17) is 4.74 Å². The van der Waals surface area contributed by atoms with Gasteiger partial charge in [0.15, 0.2) is 0 Å². The zero-order valence-electron chi connectivity index (χ0n) is 14.4. The van der Waals surface area contributed by atoms with Crippen LogP contribution in [0.2, 0.25) is 0 Å². The fourth-order valence-electron chi connectivity index (χ4n) is 4.54. The lowest BCUT2D eigenvalue weighted by Gasteiger charge is -2.42. The highest BCUT2D eigenvalue weighted by Crippen LogP contribution is 2.43. The minimum Gasteiger partial charge on any atom is -0.382 e. The highest BCUT2D eigenvalue weighted by atomic mass is 35.5. The van der Waals surface area contributed by atoms with E-state index in [1.807, 2.05) is 6.92 Å². The molecule has 3 fully saturated rings. The fourth-order valence-corrected chi connectivity index (χ4v) is 4.54. The van der Waals surface area contributed by atoms with E-state index >= 15 is 0 Å². The quantitative estimate of drug-likeness (QED) is 0.698. The van der Waals surface area contributed by atoms with Crippen molar-refractivity contribution in [3.8, 4) is 0 Å². The highest BCUT2D eigenvalue weighted by molar-refractivity contribution is 5.85. The van der Waals surface area contributed by atoms with Gasteiger partial charge in [-0.2, -0.15) is 0 Å². The van der Waals surface area contributed by atoms with Crippen molar-refractivity contribution in [2.24, 2.45) is 11.3 Å². The first-order chi connectivity index (χ1) is 10.7. The van der Waals surface area contributed by atoms with Crippen molar-refractivity contribution in [2.45, 2.75) is 76.8 Å². The van der Waals surface area contributed by atoms with E-state index in [2.05, 4.69) is 10.6 Å². The highest BCUT2D eigenvalue weighted by Gasteiger charge is 2.40. The van der Waals surface area contributed by atoms with E-state index < -0.39 is 0 Å². The minimum absolute atomic E-state index is 0. The molecule has 1 aliphatic heterocycles. The number of amides is 1. The minimum atomic E-state index is 0. The fraction of sp³-hybridized carbons (Fsp3) is 0.944. The zero-order chi connectivity index (χ0) is 15.4. The monoisotopic (exact) mass is 344 g/mol. The van der Waals surface area contributed by atoms with E-state index in [0.29, 0.717) is 11.5 Å². The predicted octanol–water partition coefficient (Wildman–Crippen LogP) is 3.04. The van der Waals surface area contributed by atoms with Gasteiger partial charge in [-0.25, -0.2) is 0 Å². The van der Waals surface area contributed by atoms with Crippen molar-refractivity contribution < 1.29 is 9.53 Å². The molecule has 2 saturated carbocycles. The maximum absolute atomic E-state index is 12.5. The van der Waals surface area contributed by atoms with Gasteiger partial charge in [-0.05, 0) is 56.8 Å². The van der Waals surface area contributed by atoms with Gasteiger partial charge in [-0.15, -0.1) is 12.4 Å². The van der Waals surface area contributed by atoms with E-state index in [0.717, 1.165) is 38.5 Å². The first kappa shape index (κ1) is 19.0. The summed E-state index contributed by atoms with van der Waals surface area (Å²) in [6, 6.07) is 0.650. The number of carbonyl (C=O) groups is 1. The molecule has 23 heavy (non-hydrogen) atoms. The van der Waals surface area contributed by atoms with Gasteiger partial charge < -0.3 is 15.4 Å². The summed E-state index contributed by atoms with van der Waals surface area (Å²) in [4.78, 5) is 12.5. The van der Waals surface area contributed by atoms with Crippen LogP contribution in [0.5, 0.6) is 0 Å². The Hall–Kier alpha value is -0.320. The number of ether oxygens (including phenoxy) is 1. The lowest BCUT2D eigenvalue weighted by atomic mass is 9.66. The molecule has 1 amide bonds. The Labute approximate surface area is 146 Å². The molecule has 0 bridgehead atoms. The average Bonchev–Trinajstić information content (AvgIpc) is 2.93. The van der Waals surface area contributed by atoms with Gasteiger partial charge in [0.25, 0.3) is 0 Å². The van der Waals surface area contributed by atoms with Crippen LogP contribution >= 0.6 is 12.4 Å². The maximum Gasteiger partial charge on any atom is 0.237 e. The molecule has 4 nitrogen and oxygen atoms in total. The molecule has 0 radical (unpaired) electrons. The molecular formula is C18H33ClN2O2. The van der Waals surface area contributed by atoms with Crippen LogP contribution in [0, 0.1) is 11.3 Å². The van der Waals surface area contributed by atoms with E-state index in [-0.39, 0.29) is 24.4 Å². The van der Waals surface area contributed by atoms with Gasteiger partial charge in [-0.3, -0.25) is 4.79 Å². The molecule has 2 aliphatic carbocycles. The van der Waals surface area contributed by atoms with Crippen LogP contribution in [0.3, 0.4) is 0 Å². The number of nitrogens with one attached hydrogen (secondary N) is 2. The summed E-state index contributed by atoms with van der Waals surface area (Å²) in [6.45, 7) is 4.50. The molecule has 3 unspecified atom stereocenters. The predicted molar refractivity (Wildman–Crippen MR) is 94.9 cm³/mol. The standard InChI is InChI=1S/C18H32N2O2.ClH/c1-2-22-11-10-18(8-5-9-18)13-19-17(21)16-12-14-6-3-4-7-15(14)20-16;/h14-16,20H,2-13H2,1H3,(H,19,21);1H. The van der Waals surface area contributed by atoms with Crippen molar-refractivity contribution in [3.63, 3.8) is 0 Å². The Morgan fingerprint density at radius 1 is 1.26 bits per heavy atom. The number of carbonyl (C=O) groups excluding carboxylic acids is 1. The molecule has 0 aromatic rings. The van der Waals surface area contributed by atoms with Crippen molar-refractivity contribution >= 4 is 18.3 Å². The van der Waals surface area contributed by atoms with E-state index in [1.165, 1.54) is 44.9 Å². The number of hydrogen-bond acceptors (Lipinski definition) is 3. The zero-order valence-corrected chi connectivity index (χ0v) is 15.3. The third kappa shape index (κ3) is 4.61. The van der Waals surface area contributed by atoms with Crippen LogP contribution in [0.15, 0.2) is 0 Å². The summed E-state index contributed by atoms with van der Waals surface area (Å²) in [5, 5.41) is 6.83. The molecule has 2 N–H and O–H groups in total. The molecule has 0 aromatic carbocycles. The Morgan fingerprint density at radius 3 is 2.70 bits per heavy atom. The van der Waals surface area contributed by atoms with Gasteiger partial charge in [0, 0.05) is 25.8 Å². The van der Waals surface area contributed by atoms with Crippen LogP contribution in [-0.2, 0) is 9.53 Å². The normalized spacial score (nSPS) is 31.6. The van der Waals surface area contributed by atoms with Crippen LogP contribution < -0.4 is 10.6 Å². The molecule has 0 aromatic heterocycles. The van der Waals surface area contributed by atoms with Gasteiger partial charge in [0.1, 0.15) is 0 Å². The second-order valence-corrected chi connectivity index (χ2v) is 7.62. The third-order valence-electron chi connectivity index (χ3n) is 6.21. The summed E-state index contributed by atoms with van der Waals surface area (Å²) in [6.07, 6.45) is 11.1. The SMILES string of the molecule is CCOCCC1(CNC(=O)C2CC3CCCCC3N2)CCC1.Cl. The number of hydrogen-bond donors (Lipinski definition) is 2. The van der Waals surface area contributed by atoms with Gasteiger partial charge in [0.05, 0.1) is 6.04 Å². The summed E-state index contributed by atoms with van der Waals surface area (Å²) in [5.41, 5.74) is 0.316. The van der Waals surface area contributed by atoms with Crippen LogP contribution in [0.4, 0.5) is 0 Å². The smallest absolute Gasteiger partial charge is 0.237 e. The largest absolute Gasteiger partial charge is 0.382 e. The Balaban J connectivity index is 0.00000192. The van der Waals surface area contributed by atoms with Crippen LogP contribution in [-0.4, -0.2) is 37.7 Å². The number of fused-ring (bicyclic) bond motifs is 1. The maximum atomic E-state index is 12.5. The molecule has 3 rings (SSSR count). The second kappa shape index (κ2) is 8.68. The van der Waals surface area contributed by atoms with Crippen molar-refractivity contribution in [2.75, 3.05) is 19.8 Å². The topological polar surface area (TPSA) is 50.4 Å². The van der Waals surface area contributed by atoms with Crippen LogP contribution in [0.25, 0.3) is 0 Å². The number of halogens is 1. The van der Waals surface area contributed by atoms with E-state index in [9.17, 15) is 4.79 Å². The van der Waals surface area contributed by atoms with Crippen molar-refractivity contribution in [1.82, 2.24) is 10.6 Å². The lowest BCUT2D eigenvalue weighted by Crippen LogP contribution is -2.48.